The van der Waals surface area contributed by atoms with Crippen molar-refractivity contribution in [1.29, 1.82) is 0 Å². The maximum Gasteiger partial charge on any atom is 0.416 e. The van der Waals surface area contributed by atoms with Gasteiger partial charge in [-0.05, 0) is 53.1 Å². The lowest BCUT2D eigenvalue weighted by Gasteiger charge is -2.15. The van der Waals surface area contributed by atoms with Gasteiger partial charge in [-0.3, -0.25) is 4.98 Å². The van der Waals surface area contributed by atoms with Crippen molar-refractivity contribution < 1.29 is 32.2 Å². The molecule has 3 aromatic rings. The maximum absolute atomic E-state index is 13.0. The molecular weight excluding hydrogens is 435 g/mol. The first-order chi connectivity index (χ1) is 15.8. The zero-order valence-corrected chi connectivity index (χ0v) is 17.6. The molecular formula is C25H20F3NO4. The summed E-state index contributed by atoms with van der Waals surface area (Å²) in [4.78, 5) is 28.9. The number of hydrogen-bond acceptors (Lipinski definition) is 5. The zero-order chi connectivity index (χ0) is 23.8. The summed E-state index contributed by atoms with van der Waals surface area (Å²) in [5.74, 6) is -1.20. The molecule has 1 heterocycles. The van der Waals surface area contributed by atoms with Crippen molar-refractivity contribution in [2.75, 3.05) is 7.11 Å². The molecule has 0 aliphatic rings. The molecule has 3 rings (SSSR count). The summed E-state index contributed by atoms with van der Waals surface area (Å²) < 4.78 is 49.3. The highest BCUT2D eigenvalue weighted by atomic mass is 19.4. The average molecular weight is 455 g/mol. The number of methoxy groups -OCH3 is 1. The third-order valence-corrected chi connectivity index (χ3v) is 4.81. The number of halogens is 3. The molecule has 0 spiro atoms. The van der Waals surface area contributed by atoms with Gasteiger partial charge in [-0.25, -0.2) is 4.79 Å². The molecule has 0 aliphatic carbocycles. The summed E-state index contributed by atoms with van der Waals surface area (Å²) in [6.45, 7) is -0.388. The Bertz CT molecular complexity index is 1130. The van der Waals surface area contributed by atoms with Gasteiger partial charge in [-0.2, -0.15) is 13.2 Å². The van der Waals surface area contributed by atoms with Crippen molar-refractivity contribution in [2.45, 2.75) is 18.7 Å². The molecule has 8 heteroatoms. The van der Waals surface area contributed by atoms with Crippen LogP contribution in [0.3, 0.4) is 0 Å². The Labute approximate surface area is 188 Å². The molecule has 0 radical (unpaired) electrons. The lowest BCUT2D eigenvalue weighted by molar-refractivity contribution is -0.141. The van der Waals surface area contributed by atoms with Crippen LogP contribution in [-0.2, 0) is 27.1 Å². The summed E-state index contributed by atoms with van der Waals surface area (Å²) in [7, 11) is 1.52. The van der Waals surface area contributed by atoms with E-state index in [0.717, 1.165) is 12.1 Å². The summed E-state index contributed by atoms with van der Waals surface area (Å²) in [6, 6.07) is 14.6. The number of carbonyl (C=O) groups excluding carboxylic acids is 2. The van der Waals surface area contributed by atoms with Crippen molar-refractivity contribution >= 4 is 18.3 Å². The van der Waals surface area contributed by atoms with E-state index < -0.39 is 23.6 Å². The fraction of sp³-hybridized carbons (Fsp3) is 0.160. The van der Waals surface area contributed by atoms with Crippen molar-refractivity contribution in [3.63, 3.8) is 0 Å². The first-order valence-electron chi connectivity index (χ1n) is 9.86. The number of alkyl halides is 3. The van der Waals surface area contributed by atoms with Crippen molar-refractivity contribution in [3.05, 3.63) is 101 Å². The largest absolute Gasteiger partial charge is 0.497 e. The average Bonchev–Trinajstić information content (AvgIpc) is 2.83. The molecule has 0 fully saturated rings. The van der Waals surface area contributed by atoms with Gasteiger partial charge in [-0.15, -0.1) is 0 Å². The smallest absolute Gasteiger partial charge is 0.416 e. The SMILES string of the molecule is COc1ccc(/C=C(\C(=O)OCc2cccc(C(F)(F)F)c2)C(C=O)c2cccnc2)cc1. The van der Waals surface area contributed by atoms with Gasteiger partial charge < -0.3 is 14.3 Å². The van der Waals surface area contributed by atoms with E-state index in [1.807, 2.05) is 0 Å². The van der Waals surface area contributed by atoms with Gasteiger partial charge in [0.25, 0.3) is 0 Å². The van der Waals surface area contributed by atoms with E-state index >= 15 is 0 Å². The Morgan fingerprint density at radius 2 is 1.85 bits per heavy atom. The third-order valence-electron chi connectivity index (χ3n) is 4.81. The van der Waals surface area contributed by atoms with Crippen LogP contribution < -0.4 is 4.74 Å². The van der Waals surface area contributed by atoms with Gasteiger partial charge in [0.05, 0.1) is 24.2 Å². The van der Waals surface area contributed by atoms with Crippen molar-refractivity contribution in [3.8, 4) is 5.75 Å². The topological polar surface area (TPSA) is 65.5 Å². The van der Waals surface area contributed by atoms with Crippen LogP contribution in [-0.4, -0.2) is 24.3 Å². The highest BCUT2D eigenvalue weighted by molar-refractivity contribution is 5.99. The van der Waals surface area contributed by atoms with Crippen LogP contribution in [0, 0.1) is 0 Å². The molecule has 0 bridgehead atoms. The molecule has 1 unspecified atom stereocenters. The number of ether oxygens (including phenoxy) is 2. The molecule has 0 saturated heterocycles. The molecule has 1 aromatic heterocycles. The second-order valence-electron chi connectivity index (χ2n) is 7.05. The third kappa shape index (κ3) is 6.29. The van der Waals surface area contributed by atoms with Crippen LogP contribution in [0.25, 0.3) is 6.08 Å². The number of aldehydes is 1. The monoisotopic (exact) mass is 455 g/mol. The minimum absolute atomic E-state index is 0.0233. The van der Waals surface area contributed by atoms with E-state index in [4.69, 9.17) is 9.47 Å². The second kappa shape index (κ2) is 10.6. The maximum atomic E-state index is 13.0. The predicted octanol–water partition coefficient (Wildman–Crippen LogP) is 5.22. The summed E-state index contributed by atoms with van der Waals surface area (Å²) >= 11 is 0. The zero-order valence-electron chi connectivity index (χ0n) is 17.6. The minimum Gasteiger partial charge on any atom is -0.497 e. The summed E-state index contributed by atoms with van der Waals surface area (Å²) in [5, 5.41) is 0. The number of nitrogens with zero attached hydrogens (tertiary/aromatic N) is 1. The van der Waals surface area contributed by atoms with E-state index in [2.05, 4.69) is 4.98 Å². The fourth-order valence-electron chi connectivity index (χ4n) is 3.12. The standard InChI is InChI=1S/C25H20F3NO4/c1-32-21-9-7-17(8-10-21)13-22(23(15-30)19-5-3-11-29-14-19)24(31)33-16-18-4-2-6-20(12-18)25(26,27)28/h2-15,23H,16H2,1H3/b22-13-. The van der Waals surface area contributed by atoms with E-state index in [1.54, 1.807) is 36.4 Å². The number of rotatable bonds is 8. The first kappa shape index (κ1) is 23.7. The summed E-state index contributed by atoms with van der Waals surface area (Å²) in [6.07, 6.45) is 0.575. The Kier molecular flexibility index (Phi) is 7.61. The number of aromatic nitrogens is 1. The Hall–Kier alpha value is -3.94. The lowest BCUT2D eigenvalue weighted by Crippen LogP contribution is -2.16. The van der Waals surface area contributed by atoms with Crippen LogP contribution in [0.4, 0.5) is 13.2 Å². The number of esters is 1. The van der Waals surface area contributed by atoms with Gasteiger partial charge in [-0.1, -0.05) is 30.3 Å². The first-order valence-corrected chi connectivity index (χ1v) is 9.86. The molecule has 0 saturated carbocycles. The highest BCUT2D eigenvalue weighted by Gasteiger charge is 2.30. The summed E-state index contributed by atoms with van der Waals surface area (Å²) in [5.41, 5.74) is 0.438. The van der Waals surface area contributed by atoms with Crippen LogP contribution in [0.5, 0.6) is 5.75 Å². The van der Waals surface area contributed by atoms with Gasteiger partial charge in [0.15, 0.2) is 0 Å². The molecule has 2 aromatic carbocycles. The molecule has 33 heavy (non-hydrogen) atoms. The Balaban J connectivity index is 1.90. The molecule has 0 amide bonds. The molecule has 0 aliphatic heterocycles. The molecule has 5 nitrogen and oxygen atoms in total. The number of hydrogen-bond donors (Lipinski definition) is 0. The van der Waals surface area contributed by atoms with E-state index in [1.165, 1.54) is 37.7 Å². The van der Waals surface area contributed by atoms with Crippen LogP contribution in [0.2, 0.25) is 0 Å². The Morgan fingerprint density at radius 3 is 2.45 bits per heavy atom. The lowest BCUT2D eigenvalue weighted by atomic mass is 9.92. The molecule has 1 atom stereocenters. The van der Waals surface area contributed by atoms with Gasteiger partial charge in [0.2, 0.25) is 0 Å². The highest BCUT2D eigenvalue weighted by Crippen LogP contribution is 2.30. The predicted molar refractivity (Wildman–Crippen MR) is 115 cm³/mol. The van der Waals surface area contributed by atoms with Crippen molar-refractivity contribution in [1.82, 2.24) is 4.98 Å². The minimum atomic E-state index is -4.51. The van der Waals surface area contributed by atoms with Gasteiger partial charge >= 0.3 is 12.1 Å². The Morgan fingerprint density at radius 1 is 1.09 bits per heavy atom. The van der Waals surface area contributed by atoms with E-state index in [9.17, 15) is 22.8 Å². The van der Waals surface area contributed by atoms with Crippen LogP contribution in [0.1, 0.15) is 28.2 Å². The second-order valence-corrected chi connectivity index (χ2v) is 7.05. The quantitative estimate of drug-likeness (QED) is 0.265. The molecule has 170 valence electrons. The van der Waals surface area contributed by atoms with Crippen molar-refractivity contribution in [2.24, 2.45) is 0 Å². The van der Waals surface area contributed by atoms with E-state index in [0.29, 0.717) is 23.2 Å². The number of pyridine rings is 1. The van der Waals surface area contributed by atoms with Gasteiger partial charge in [0.1, 0.15) is 18.6 Å². The number of carbonyl (C=O) groups is 2. The van der Waals surface area contributed by atoms with Crippen LogP contribution >= 0.6 is 0 Å². The van der Waals surface area contributed by atoms with E-state index in [-0.39, 0.29) is 17.7 Å². The normalized spacial score (nSPS) is 12.7. The molecule has 0 N–H and O–H groups in total. The fourth-order valence-corrected chi connectivity index (χ4v) is 3.12. The number of benzene rings is 2. The van der Waals surface area contributed by atoms with Gasteiger partial charge in [0, 0.05) is 12.4 Å². The van der Waals surface area contributed by atoms with Crippen LogP contribution in [0.15, 0.2) is 78.6 Å².